The van der Waals surface area contributed by atoms with Gasteiger partial charge in [0.1, 0.15) is 0 Å². The molecule has 0 aliphatic heterocycles. The van der Waals surface area contributed by atoms with E-state index >= 15 is 0 Å². The number of hydrogen-bond donors (Lipinski definition) is 1. The Bertz CT molecular complexity index is 337. The Kier molecular flexibility index (Phi) is 3.90. The van der Waals surface area contributed by atoms with E-state index in [-0.39, 0.29) is 5.92 Å². The van der Waals surface area contributed by atoms with Gasteiger partial charge < -0.3 is 5.11 Å². The lowest BCUT2D eigenvalue weighted by Crippen LogP contribution is -2.06. The van der Waals surface area contributed by atoms with Gasteiger partial charge in [-0.1, -0.05) is 43.3 Å². The summed E-state index contributed by atoms with van der Waals surface area (Å²) in [5.74, 6) is -0.0444. The van der Waals surface area contributed by atoms with Crippen molar-refractivity contribution in [1.29, 1.82) is 5.26 Å². The Labute approximate surface area is 84.1 Å². The monoisotopic (exact) mass is 187 g/mol. The molecule has 0 fully saturated rings. The zero-order valence-electron chi connectivity index (χ0n) is 8.09. The fourth-order valence-corrected chi connectivity index (χ4v) is 1.25. The zero-order valence-corrected chi connectivity index (χ0v) is 8.09. The fraction of sp³-hybridized carbons (Fsp3) is 0.250. The Balaban J connectivity index is 2.71. The number of aliphatic hydroxyl groups is 1. The highest BCUT2D eigenvalue weighted by molar-refractivity contribution is 5.19. The summed E-state index contributed by atoms with van der Waals surface area (Å²) >= 11 is 0. The smallest absolute Gasteiger partial charge is 0.0908 e. The maximum absolute atomic E-state index is 9.86. The number of rotatable bonds is 3. The second kappa shape index (κ2) is 5.21. The lowest BCUT2D eigenvalue weighted by atomic mass is 9.97. The van der Waals surface area contributed by atoms with Crippen molar-refractivity contribution < 1.29 is 5.11 Å². The molecule has 0 unspecified atom stereocenters. The number of allylic oxidation sites excluding steroid dienone is 1. The summed E-state index contributed by atoms with van der Waals surface area (Å²) in [6.45, 7) is 1.88. The standard InChI is InChI=1S/C12H13NO/c1-10(6-5-9-13)12(14)11-7-3-2-4-8-11/h2-8,10,12,14H,1H3/b6-5-/t10-,12-/m0/s1. The highest BCUT2D eigenvalue weighted by Crippen LogP contribution is 2.21. The third-order valence-electron chi connectivity index (χ3n) is 2.11. The number of nitrogens with zero attached hydrogens (tertiary/aromatic N) is 1. The molecule has 0 saturated heterocycles. The van der Waals surface area contributed by atoms with Gasteiger partial charge in [0.25, 0.3) is 0 Å². The lowest BCUT2D eigenvalue weighted by molar-refractivity contribution is 0.139. The molecule has 1 N–H and O–H groups in total. The molecule has 0 aliphatic rings. The first-order chi connectivity index (χ1) is 6.75. The fourth-order valence-electron chi connectivity index (χ4n) is 1.25. The van der Waals surface area contributed by atoms with Crippen LogP contribution >= 0.6 is 0 Å². The van der Waals surface area contributed by atoms with Crippen molar-refractivity contribution >= 4 is 0 Å². The lowest BCUT2D eigenvalue weighted by Gasteiger charge is -2.15. The molecule has 0 spiro atoms. The minimum absolute atomic E-state index is 0.0444. The molecular weight excluding hydrogens is 174 g/mol. The summed E-state index contributed by atoms with van der Waals surface area (Å²) < 4.78 is 0. The minimum Gasteiger partial charge on any atom is -0.388 e. The highest BCUT2D eigenvalue weighted by Gasteiger charge is 2.12. The van der Waals surface area contributed by atoms with E-state index in [1.54, 1.807) is 6.08 Å². The van der Waals surface area contributed by atoms with Crippen molar-refractivity contribution in [3.8, 4) is 6.07 Å². The van der Waals surface area contributed by atoms with Gasteiger partial charge in [-0.05, 0) is 5.56 Å². The Morgan fingerprint density at radius 3 is 2.57 bits per heavy atom. The van der Waals surface area contributed by atoms with Crippen molar-refractivity contribution in [2.24, 2.45) is 5.92 Å². The molecule has 0 bridgehead atoms. The van der Waals surface area contributed by atoms with Crippen LogP contribution in [0.15, 0.2) is 42.5 Å². The van der Waals surface area contributed by atoms with E-state index in [1.807, 2.05) is 43.3 Å². The van der Waals surface area contributed by atoms with Gasteiger partial charge in [-0.3, -0.25) is 0 Å². The maximum Gasteiger partial charge on any atom is 0.0908 e. The second-order valence-electron chi connectivity index (χ2n) is 3.20. The van der Waals surface area contributed by atoms with Crippen LogP contribution in [-0.4, -0.2) is 5.11 Å². The molecule has 14 heavy (non-hydrogen) atoms. The summed E-state index contributed by atoms with van der Waals surface area (Å²) in [5, 5.41) is 18.2. The van der Waals surface area contributed by atoms with E-state index in [2.05, 4.69) is 0 Å². The molecule has 0 saturated carbocycles. The van der Waals surface area contributed by atoms with Crippen LogP contribution in [0.5, 0.6) is 0 Å². The predicted octanol–water partition coefficient (Wildman–Crippen LogP) is 2.44. The summed E-state index contributed by atoms with van der Waals surface area (Å²) in [7, 11) is 0. The van der Waals surface area contributed by atoms with E-state index < -0.39 is 6.10 Å². The van der Waals surface area contributed by atoms with Gasteiger partial charge in [0, 0.05) is 12.0 Å². The zero-order chi connectivity index (χ0) is 10.4. The first-order valence-corrected chi connectivity index (χ1v) is 4.55. The molecule has 0 aliphatic carbocycles. The third-order valence-corrected chi connectivity index (χ3v) is 2.11. The van der Waals surface area contributed by atoms with Crippen LogP contribution in [0.25, 0.3) is 0 Å². The number of benzene rings is 1. The van der Waals surface area contributed by atoms with Gasteiger partial charge in [-0.25, -0.2) is 0 Å². The van der Waals surface area contributed by atoms with Crippen molar-refractivity contribution in [3.05, 3.63) is 48.0 Å². The first kappa shape index (κ1) is 10.5. The molecule has 0 amide bonds. The Morgan fingerprint density at radius 1 is 1.36 bits per heavy atom. The molecule has 72 valence electrons. The topological polar surface area (TPSA) is 44.0 Å². The van der Waals surface area contributed by atoms with E-state index in [0.717, 1.165) is 5.56 Å². The van der Waals surface area contributed by atoms with E-state index in [0.29, 0.717) is 0 Å². The van der Waals surface area contributed by atoms with Gasteiger partial charge >= 0.3 is 0 Å². The van der Waals surface area contributed by atoms with Crippen LogP contribution in [0.1, 0.15) is 18.6 Å². The largest absolute Gasteiger partial charge is 0.388 e. The summed E-state index contributed by atoms with van der Waals surface area (Å²) in [5.41, 5.74) is 0.877. The number of nitriles is 1. The summed E-state index contributed by atoms with van der Waals surface area (Å²) in [6.07, 6.45) is 2.56. The number of hydrogen-bond acceptors (Lipinski definition) is 2. The predicted molar refractivity (Wildman–Crippen MR) is 55.3 cm³/mol. The van der Waals surface area contributed by atoms with E-state index in [1.165, 1.54) is 6.08 Å². The highest BCUT2D eigenvalue weighted by atomic mass is 16.3. The summed E-state index contributed by atoms with van der Waals surface area (Å²) in [6, 6.07) is 11.4. The van der Waals surface area contributed by atoms with Crippen LogP contribution in [-0.2, 0) is 0 Å². The molecule has 2 nitrogen and oxygen atoms in total. The number of aliphatic hydroxyl groups excluding tert-OH is 1. The molecule has 1 rings (SSSR count). The molecule has 0 radical (unpaired) electrons. The molecule has 1 aromatic carbocycles. The van der Waals surface area contributed by atoms with E-state index in [9.17, 15) is 5.11 Å². The van der Waals surface area contributed by atoms with Crippen LogP contribution in [0, 0.1) is 17.2 Å². The van der Waals surface area contributed by atoms with Gasteiger partial charge in [-0.15, -0.1) is 0 Å². The molecule has 0 aromatic heterocycles. The molecule has 2 heteroatoms. The first-order valence-electron chi connectivity index (χ1n) is 4.55. The van der Waals surface area contributed by atoms with E-state index in [4.69, 9.17) is 5.26 Å². The normalized spacial score (nSPS) is 14.9. The third kappa shape index (κ3) is 2.72. The average Bonchev–Trinajstić information content (AvgIpc) is 2.26. The van der Waals surface area contributed by atoms with Crippen molar-refractivity contribution in [2.45, 2.75) is 13.0 Å². The van der Waals surface area contributed by atoms with Crippen molar-refractivity contribution in [1.82, 2.24) is 0 Å². The van der Waals surface area contributed by atoms with Gasteiger partial charge in [0.15, 0.2) is 0 Å². The van der Waals surface area contributed by atoms with Gasteiger partial charge in [-0.2, -0.15) is 5.26 Å². The molecular formula is C12H13NO. The van der Waals surface area contributed by atoms with Crippen LogP contribution in [0.3, 0.4) is 0 Å². The van der Waals surface area contributed by atoms with Crippen molar-refractivity contribution in [2.75, 3.05) is 0 Å². The Morgan fingerprint density at radius 2 is 2.00 bits per heavy atom. The van der Waals surface area contributed by atoms with Crippen LogP contribution < -0.4 is 0 Å². The summed E-state index contributed by atoms with van der Waals surface area (Å²) in [4.78, 5) is 0. The Hall–Kier alpha value is -1.59. The quantitative estimate of drug-likeness (QED) is 0.738. The molecule has 0 heterocycles. The molecule has 2 atom stereocenters. The minimum atomic E-state index is -0.541. The average molecular weight is 187 g/mol. The van der Waals surface area contributed by atoms with Crippen LogP contribution in [0.4, 0.5) is 0 Å². The van der Waals surface area contributed by atoms with Gasteiger partial charge in [0.2, 0.25) is 0 Å². The van der Waals surface area contributed by atoms with Crippen LogP contribution in [0.2, 0.25) is 0 Å². The van der Waals surface area contributed by atoms with Crippen molar-refractivity contribution in [3.63, 3.8) is 0 Å². The second-order valence-corrected chi connectivity index (χ2v) is 3.20. The van der Waals surface area contributed by atoms with Gasteiger partial charge in [0.05, 0.1) is 12.2 Å². The molecule has 1 aromatic rings. The maximum atomic E-state index is 9.86. The SMILES string of the molecule is C[C@@H](/C=C\C#N)[C@H](O)c1ccccc1.